The van der Waals surface area contributed by atoms with Crippen molar-refractivity contribution in [1.82, 2.24) is 14.9 Å². The topological polar surface area (TPSA) is 81.9 Å². The van der Waals surface area contributed by atoms with E-state index < -0.39 is 0 Å². The highest BCUT2D eigenvalue weighted by Crippen LogP contribution is 2.23. The van der Waals surface area contributed by atoms with Crippen LogP contribution in [-0.4, -0.2) is 40.4 Å². The van der Waals surface area contributed by atoms with Crippen LogP contribution in [0.4, 0.5) is 5.82 Å². The van der Waals surface area contributed by atoms with Crippen molar-refractivity contribution in [3.63, 3.8) is 0 Å². The molecule has 0 aromatic carbocycles. The predicted molar refractivity (Wildman–Crippen MR) is 97.7 cm³/mol. The fourth-order valence-corrected chi connectivity index (χ4v) is 3.62. The van der Waals surface area contributed by atoms with Gasteiger partial charge in [0.15, 0.2) is 0 Å². The maximum atomic E-state index is 12.6. The largest absolute Gasteiger partial charge is 0.370 e. The van der Waals surface area contributed by atoms with Crippen LogP contribution in [0.2, 0.25) is 0 Å². The Kier molecular flexibility index (Phi) is 5.29. The number of nitrogens with one attached hydrogen (secondary N) is 1. The standard InChI is InChI=1S/C18H21N5OS/c1-12(2)17-22-15(11-25-17)18(24)23-6-5-14(10-23)9-21-16-4-3-13(7-19)8-20-16/h3-4,8,11-12,14H,5-6,9-10H2,1-2H3,(H,20,21). The molecule has 0 bridgehead atoms. The summed E-state index contributed by atoms with van der Waals surface area (Å²) in [4.78, 5) is 23.1. The molecular weight excluding hydrogens is 334 g/mol. The van der Waals surface area contributed by atoms with E-state index in [2.05, 4.69) is 35.2 Å². The second kappa shape index (κ2) is 7.62. The van der Waals surface area contributed by atoms with Gasteiger partial charge in [0, 0.05) is 37.1 Å². The number of likely N-dealkylation sites (tertiary alicyclic amines) is 1. The van der Waals surface area contributed by atoms with Gasteiger partial charge in [0.25, 0.3) is 5.91 Å². The quantitative estimate of drug-likeness (QED) is 0.891. The molecule has 6 nitrogen and oxygen atoms in total. The number of rotatable bonds is 5. The van der Waals surface area contributed by atoms with Crippen LogP contribution in [0, 0.1) is 17.2 Å². The first-order valence-electron chi connectivity index (χ1n) is 8.41. The van der Waals surface area contributed by atoms with Gasteiger partial charge < -0.3 is 10.2 Å². The molecule has 1 aliphatic rings. The predicted octanol–water partition coefficient (Wildman–Crippen LogP) is 3.11. The van der Waals surface area contributed by atoms with E-state index in [-0.39, 0.29) is 5.91 Å². The monoisotopic (exact) mass is 355 g/mol. The Hall–Kier alpha value is -2.46. The Labute approximate surface area is 151 Å². The number of nitriles is 1. The molecule has 0 spiro atoms. The molecule has 0 aliphatic carbocycles. The highest BCUT2D eigenvalue weighted by atomic mass is 32.1. The summed E-state index contributed by atoms with van der Waals surface area (Å²) in [5.41, 5.74) is 1.11. The van der Waals surface area contributed by atoms with Crippen LogP contribution in [0.5, 0.6) is 0 Å². The molecule has 0 radical (unpaired) electrons. The summed E-state index contributed by atoms with van der Waals surface area (Å²) in [5, 5.41) is 14.9. The minimum Gasteiger partial charge on any atom is -0.370 e. The number of carbonyl (C=O) groups is 1. The lowest BCUT2D eigenvalue weighted by atomic mass is 10.1. The third-order valence-electron chi connectivity index (χ3n) is 4.27. The minimum absolute atomic E-state index is 0.0298. The summed E-state index contributed by atoms with van der Waals surface area (Å²) >= 11 is 1.55. The number of pyridine rings is 1. The van der Waals surface area contributed by atoms with Crippen LogP contribution >= 0.6 is 11.3 Å². The number of thiazole rings is 1. The second-order valence-corrected chi connectivity index (χ2v) is 7.45. The zero-order valence-corrected chi connectivity index (χ0v) is 15.2. The van der Waals surface area contributed by atoms with Crippen molar-refractivity contribution < 1.29 is 4.79 Å². The number of aromatic nitrogens is 2. The normalized spacial score (nSPS) is 16.9. The van der Waals surface area contributed by atoms with Crippen molar-refractivity contribution in [3.8, 4) is 6.07 Å². The SMILES string of the molecule is CC(C)c1nc(C(=O)N2CCC(CNc3ccc(C#N)cn3)C2)cs1. The number of amides is 1. The molecule has 1 fully saturated rings. The molecule has 2 aromatic heterocycles. The van der Waals surface area contributed by atoms with E-state index in [0.717, 1.165) is 36.9 Å². The molecule has 0 saturated carbocycles. The number of hydrogen-bond acceptors (Lipinski definition) is 6. The summed E-state index contributed by atoms with van der Waals surface area (Å²) < 4.78 is 0. The lowest BCUT2D eigenvalue weighted by molar-refractivity contribution is 0.0782. The summed E-state index contributed by atoms with van der Waals surface area (Å²) in [7, 11) is 0. The van der Waals surface area contributed by atoms with Crippen LogP contribution in [-0.2, 0) is 0 Å². The molecule has 1 saturated heterocycles. The zero-order chi connectivity index (χ0) is 17.8. The van der Waals surface area contributed by atoms with Crippen molar-refractivity contribution in [1.29, 1.82) is 5.26 Å². The van der Waals surface area contributed by atoms with E-state index >= 15 is 0 Å². The smallest absolute Gasteiger partial charge is 0.273 e. The molecular formula is C18H21N5OS. The summed E-state index contributed by atoms with van der Waals surface area (Å²) in [5.74, 6) is 1.53. The molecule has 3 heterocycles. The fourth-order valence-electron chi connectivity index (χ4n) is 2.81. The van der Waals surface area contributed by atoms with E-state index in [4.69, 9.17) is 5.26 Å². The molecule has 1 aliphatic heterocycles. The number of hydrogen-bond donors (Lipinski definition) is 1. The number of nitrogens with zero attached hydrogens (tertiary/aromatic N) is 4. The number of anilines is 1. The van der Waals surface area contributed by atoms with Gasteiger partial charge in [0.1, 0.15) is 17.6 Å². The number of carbonyl (C=O) groups excluding carboxylic acids is 1. The van der Waals surface area contributed by atoms with Crippen molar-refractivity contribution >= 4 is 23.1 Å². The molecule has 1 amide bonds. The van der Waals surface area contributed by atoms with Gasteiger partial charge in [-0.15, -0.1) is 11.3 Å². The van der Waals surface area contributed by atoms with Crippen LogP contribution in [0.15, 0.2) is 23.7 Å². The average Bonchev–Trinajstić information content (AvgIpc) is 3.29. The van der Waals surface area contributed by atoms with Gasteiger partial charge in [-0.3, -0.25) is 4.79 Å². The van der Waals surface area contributed by atoms with Gasteiger partial charge in [0.2, 0.25) is 0 Å². The third-order valence-corrected chi connectivity index (χ3v) is 5.42. The van der Waals surface area contributed by atoms with Crippen molar-refractivity contribution in [3.05, 3.63) is 40.0 Å². The van der Waals surface area contributed by atoms with Gasteiger partial charge in [-0.1, -0.05) is 13.8 Å². The molecule has 1 unspecified atom stereocenters. The van der Waals surface area contributed by atoms with Gasteiger partial charge in [-0.05, 0) is 24.5 Å². The van der Waals surface area contributed by atoms with E-state index in [1.165, 1.54) is 0 Å². The van der Waals surface area contributed by atoms with Crippen molar-refractivity contribution in [2.45, 2.75) is 26.2 Å². The Morgan fingerprint density at radius 3 is 3.00 bits per heavy atom. The maximum Gasteiger partial charge on any atom is 0.273 e. The van der Waals surface area contributed by atoms with E-state index in [1.807, 2.05) is 10.3 Å². The van der Waals surface area contributed by atoms with Gasteiger partial charge in [-0.25, -0.2) is 9.97 Å². The maximum absolute atomic E-state index is 12.6. The summed E-state index contributed by atoms with van der Waals surface area (Å²) in [6.45, 7) is 6.43. The van der Waals surface area contributed by atoms with Gasteiger partial charge in [-0.2, -0.15) is 5.26 Å². The lowest BCUT2D eigenvalue weighted by Gasteiger charge is -2.16. The molecule has 1 N–H and O–H groups in total. The molecule has 2 aromatic rings. The van der Waals surface area contributed by atoms with Crippen LogP contribution in [0.25, 0.3) is 0 Å². The molecule has 1 atom stereocenters. The second-order valence-electron chi connectivity index (χ2n) is 6.56. The molecule has 3 rings (SSSR count). The Morgan fingerprint density at radius 2 is 2.36 bits per heavy atom. The summed E-state index contributed by atoms with van der Waals surface area (Å²) in [6, 6.07) is 5.60. The van der Waals surface area contributed by atoms with E-state index in [1.54, 1.807) is 29.7 Å². The fraction of sp³-hybridized carbons (Fsp3) is 0.444. The Balaban J connectivity index is 1.52. The minimum atomic E-state index is 0.0298. The highest BCUT2D eigenvalue weighted by molar-refractivity contribution is 7.09. The average molecular weight is 355 g/mol. The third kappa shape index (κ3) is 4.15. The van der Waals surface area contributed by atoms with Crippen molar-refractivity contribution in [2.75, 3.05) is 25.0 Å². The van der Waals surface area contributed by atoms with Crippen molar-refractivity contribution in [2.24, 2.45) is 5.92 Å². The molecule has 25 heavy (non-hydrogen) atoms. The van der Waals surface area contributed by atoms with Crippen LogP contribution in [0.3, 0.4) is 0 Å². The summed E-state index contributed by atoms with van der Waals surface area (Å²) in [6.07, 6.45) is 2.53. The van der Waals surface area contributed by atoms with Crippen LogP contribution < -0.4 is 5.32 Å². The van der Waals surface area contributed by atoms with E-state index in [0.29, 0.717) is 23.1 Å². The Morgan fingerprint density at radius 1 is 1.52 bits per heavy atom. The Bertz CT molecular complexity index is 778. The first-order valence-corrected chi connectivity index (χ1v) is 9.29. The first kappa shape index (κ1) is 17.4. The van der Waals surface area contributed by atoms with Gasteiger partial charge >= 0.3 is 0 Å². The lowest BCUT2D eigenvalue weighted by Crippen LogP contribution is -2.30. The first-order chi connectivity index (χ1) is 12.1. The van der Waals surface area contributed by atoms with Crippen LogP contribution in [0.1, 0.15) is 47.2 Å². The van der Waals surface area contributed by atoms with Gasteiger partial charge in [0.05, 0.1) is 10.6 Å². The zero-order valence-electron chi connectivity index (χ0n) is 14.4. The van der Waals surface area contributed by atoms with E-state index in [9.17, 15) is 4.79 Å². The molecule has 7 heteroatoms. The molecule has 130 valence electrons. The highest BCUT2D eigenvalue weighted by Gasteiger charge is 2.28.